The van der Waals surface area contributed by atoms with Crippen LogP contribution in [-0.4, -0.2) is 0 Å². The summed E-state index contributed by atoms with van der Waals surface area (Å²) in [6.45, 7) is 2.61. The summed E-state index contributed by atoms with van der Waals surface area (Å²) in [6.07, 6.45) is 0.0123. The van der Waals surface area contributed by atoms with Gasteiger partial charge in [-0.3, -0.25) is 0 Å². The quantitative estimate of drug-likeness (QED) is 0.765. The monoisotopic (exact) mass is 277 g/mol. The summed E-state index contributed by atoms with van der Waals surface area (Å²) in [5.74, 6) is 0.902. The molecule has 3 rings (SSSR count). The molecular formula is C19H19NO. The van der Waals surface area contributed by atoms with E-state index >= 15 is 0 Å². The van der Waals surface area contributed by atoms with Crippen molar-refractivity contribution in [2.24, 2.45) is 5.73 Å². The highest BCUT2D eigenvalue weighted by Crippen LogP contribution is 2.31. The van der Waals surface area contributed by atoms with Crippen LogP contribution in [0.4, 0.5) is 0 Å². The molecule has 2 heteroatoms. The lowest BCUT2D eigenvalue weighted by Gasteiger charge is -2.17. The lowest BCUT2D eigenvalue weighted by Crippen LogP contribution is -2.04. The Labute approximate surface area is 125 Å². The second-order valence-electron chi connectivity index (χ2n) is 5.14. The fourth-order valence-electron chi connectivity index (χ4n) is 2.60. The van der Waals surface area contributed by atoms with E-state index in [1.54, 1.807) is 0 Å². The highest BCUT2D eigenvalue weighted by Gasteiger charge is 2.10. The van der Waals surface area contributed by atoms with Crippen molar-refractivity contribution in [3.63, 3.8) is 0 Å². The Morgan fingerprint density at radius 2 is 1.52 bits per heavy atom. The zero-order valence-electron chi connectivity index (χ0n) is 12.1. The summed E-state index contributed by atoms with van der Waals surface area (Å²) >= 11 is 0. The van der Waals surface area contributed by atoms with Crippen LogP contribution in [0.25, 0.3) is 10.8 Å². The second-order valence-corrected chi connectivity index (χ2v) is 5.14. The maximum atomic E-state index is 6.17. The SMILES string of the molecule is CC(Oc1ccc(CN)c2ccccc12)c1ccccc1. The van der Waals surface area contributed by atoms with Crippen molar-refractivity contribution in [3.05, 3.63) is 77.9 Å². The molecule has 2 nitrogen and oxygen atoms in total. The van der Waals surface area contributed by atoms with Gasteiger partial charge in [0.2, 0.25) is 0 Å². The van der Waals surface area contributed by atoms with Gasteiger partial charge in [0, 0.05) is 11.9 Å². The second kappa shape index (κ2) is 5.98. The average molecular weight is 277 g/mol. The van der Waals surface area contributed by atoms with Gasteiger partial charge in [0.15, 0.2) is 0 Å². The normalized spacial score (nSPS) is 12.3. The molecule has 0 radical (unpaired) electrons. The third-order valence-electron chi connectivity index (χ3n) is 3.77. The van der Waals surface area contributed by atoms with Crippen LogP contribution < -0.4 is 10.5 Å². The first-order chi connectivity index (χ1) is 10.3. The minimum absolute atomic E-state index is 0.0123. The number of rotatable bonds is 4. The minimum atomic E-state index is 0.0123. The minimum Gasteiger partial charge on any atom is -0.485 e. The lowest BCUT2D eigenvalue weighted by atomic mass is 10.0. The summed E-state index contributed by atoms with van der Waals surface area (Å²) in [5.41, 5.74) is 8.13. The topological polar surface area (TPSA) is 35.2 Å². The van der Waals surface area contributed by atoms with Gasteiger partial charge in [-0.1, -0.05) is 60.7 Å². The van der Waals surface area contributed by atoms with E-state index in [0.29, 0.717) is 6.54 Å². The van der Waals surface area contributed by atoms with Crippen LogP contribution in [0.5, 0.6) is 5.75 Å². The van der Waals surface area contributed by atoms with Crippen LogP contribution in [0.15, 0.2) is 66.7 Å². The van der Waals surface area contributed by atoms with Crippen LogP contribution in [0.2, 0.25) is 0 Å². The van der Waals surface area contributed by atoms with E-state index in [0.717, 1.165) is 22.1 Å². The molecule has 0 saturated heterocycles. The van der Waals surface area contributed by atoms with Gasteiger partial charge in [0.05, 0.1) is 0 Å². The van der Waals surface area contributed by atoms with Crippen molar-refractivity contribution >= 4 is 10.8 Å². The van der Waals surface area contributed by atoms with E-state index in [4.69, 9.17) is 10.5 Å². The number of hydrogen-bond donors (Lipinski definition) is 1. The number of fused-ring (bicyclic) bond motifs is 1. The molecule has 0 aliphatic heterocycles. The largest absolute Gasteiger partial charge is 0.485 e. The van der Waals surface area contributed by atoms with Gasteiger partial charge in [-0.05, 0) is 29.5 Å². The summed E-state index contributed by atoms with van der Waals surface area (Å²) in [7, 11) is 0. The van der Waals surface area contributed by atoms with Crippen LogP contribution >= 0.6 is 0 Å². The molecule has 1 unspecified atom stereocenters. The summed E-state index contributed by atoms with van der Waals surface area (Å²) in [4.78, 5) is 0. The summed E-state index contributed by atoms with van der Waals surface area (Å²) in [6, 6.07) is 22.6. The molecule has 0 aromatic heterocycles. The van der Waals surface area contributed by atoms with Gasteiger partial charge in [-0.2, -0.15) is 0 Å². The number of benzene rings is 3. The first-order valence-electron chi connectivity index (χ1n) is 7.22. The van der Waals surface area contributed by atoms with E-state index in [9.17, 15) is 0 Å². The molecule has 0 aliphatic rings. The zero-order valence-corrected chi connectivity index (χ0v) is 12.1. The van der Waals surface area contributed by atoms with E-state index in [2.05, 4.69) is 37.3 Å². The Hall–Kier alpha value is -2.32. The molecule has 0 heterocycles. The van der Waals surface area contributed by atoms with Gasteiger partial charge in [0.25, 0.3) is 0 Å². The molecule has 0 spiro atoms. The molecule has 0 bridgehead atoms. The van der Waals surface area contributed by atoms with Gasteiger partial charge in [0.1, 0.15) is 11.9 Å². The Kier molecular flexibility index (Phi) is 3.89. The molecule has 3 aromatic rings. The lowest BCUT2D eigenvalue weighted by molar-refractivity contribution is 0.230. The smallest absolute Gasteiger partial charge is 0.128 e. The van der Waals surface area contributed by atoms with Gasteiger partial charge in [-0.25, -0.2) is 0 Å². The Morgan fingerprint density at radius 1 is 0.857 bits per heavy atom. The van der Waals surface area contributed by atoms with Gasteiger partial charge < -0.3 is 10.5 Å². The van der Waals surface area contributed by atoms with Crippen molar-refractivity contribution in [1.82, 2.24) is 0 Å². The molecule has 0 fully saturated rings. The van der Waals surface area contributed by atoms with E-state index in [1.165, 1.54) is 5.56 Å². The molecule has 21 heavy (non-hydrogen) atoms. The van der Waals surface area contributed by atoms with Gasteiger partial charge in [-0.15, -0.1) is 0 Å². The van der Waals surface area contributed by atoms with E-state index < -0.39 is 0 Å². The summed E-state index contributed by atoms with van der Waals surface area (Å²) in [5, 5.41) is 2.28. The zero-order chi connectivity index (χ0) is 14.7. The Bertz CT molecular complexity index is 737. The Morgan fingerprint density at radius 3 is 2.24 bits per heavy atom. The summed E-state index contributed by atoms with van der Waals surface area (Å²) < 4.78 is 6.17. The molecule has 106 valence electrons. The van der Waals surface area contributed by atoms with E-state index in [-0.39, 0.29) is 6.10 Å². The predicted molar refractivity (Wildman–Crippen MR) is 87.3 cm³/mol. The fraction of sp³-hybridized carbons (Fsp3) is 0.158. The average Bonchev–Trinajstić information content (AvgIpc) is 2.56. The van der Waals surface area contributed by atoms with Crippen LogP contribution in [-0.2, 0) is 6.54 Å². The first-order valence-corrected chi connectivity index (χ1v) is 7.22. The van der Waals surface area contributed by atoms with Gasteiger partial charge >= 0.3 is 0 Å². The predicted octanol–water partition coefficient (Wildman–Crippen LogP) is 4.44. The van der Waals surface area contributed by atoms with Crippen LogP contribution in [0.1, 0.15) is 24.2 Å². The van der Waals surface area contributed by atoms with Crippen LogP contribution in [0.3, 0.4) is 0 Å². The van der Waals surface area contributed by atoms with Crippen LogP contribution in [0, 0.1) is 0 Å². The Balaban J connectivity index is 1.98. The fourth-order valence-corrected chi connectivity index (χ4v) is 2.60. The molecule has 0 saturated carbocycles. The molecule has 0 aliphatic carbocycles. The number of ether oxygens (including phenoxy) is 1. The van der Waals surface area contributed by atoms with Crippen molar-refractivity contribution in [2.45, 2.75) is 19.6 Å². The third-order valence-corrected chi connectivity index (χ3v) is 3.77. The molecular weight excluding hydrogens is 258 g/mol. The molecule has 2 N–H and O–H groups in total. The molecule has 0 amide bonds. The standard InChI is InChI=1S/C19H19NO/c1-14(15-7-3-2-4-8-15)21-19-12-11-16(13-20)17-9-5-6-10-18(17)19/h2-12,14H,13,20H2,1H3. The molecule has 1 atom stereocenters. The number of nitrogens with two attached hydrogens (primary N) is 1. The van der Waals surface area contributed by atoms with Crippen molar-refractivity contribution in [3.8, 4) is 5.75 Å². The van der Waals surface area contributed by atoms with Crippen molar-refractivity contribution in [1.29, 1.82) is 0 Å². The maximum Gasteiger partial charge on any atom is 0.128 e. The van der Waals surface area contributed by atoms with E-state index in [1.807, 2.05) is 36.4 Å². The molecule has 3 aromatic carbocycles. The first kappa shape index (κ1) is 13.7. The van der Waals surface area contributed by atoms with Crippen molar-refractivity contribution in [2.75, 3.05) is 0 Å². The maximum absolute atomic E-state index is 6.17. The third kappa shape index (κ3) is 2.76. The number of hydrogen-bond acceptors (Lipinski definition) is 2. The van der Waals surface area contributed by atoms with Crippen molar-refractivity contribution < 1.29 is 4.74 Å². The highest BCUT2D eigenvalue weighted by molar-refractivity contribution is 5.91. The highest BCUT2D eigenvalue weighted by atomic mass is 16.5.